The first-order valence-electron chi connectivity index (χ1n) is 30.3. The summed E-state index contributed by atoms with van der Waals surface area (Å²) in [6.07, 6.45) is 11.3. The Balaban J connectivity index is 0.741. The molecule has 2 fully saturated rings. The van der Waals surface area contributed by atoms with E-state index in [0.29, 0.717) is 78.0 Å². The molecule has 20 heteroatoms. The lowest BCUT2D eigenvalue weighted by atomic mass is 9.89. The summed E-state index contributed by atoms with van der Waals surface area (Å²) in [5.74, 6) is 0.534. The number of nitrogens with one attached hydrogen (secondary N) is 2. The van der Waals surface area contributed by atoms with Gasteiger partial charge in [-0.05, 0) is 118 Å². The summed E-state index contributed by atoms with van der Waals surface area (Å²) in [5.41, 5.74) is 11.7. The molecule has 0 radical (unpaired) electrons. The number of thiazole rings is 2. The van der Waals surface area contributed by atoms with Crippen LogP contribution in [0.2, 0.25) is 0 Å². The number of hydrogen-bond donors (Lipinski definition) is 3. The van der Waals surface area contributed by atoms with Crippen molar-refractivity contribution >= 4 is 67.5 Å². The molecule has 3 aromatic carbocycles. The molecule has 18 nitrogen and oxygen atoms in total. The van der Waals surface area contributed by atoms with E-state index in [9.17, 15) is 24.3 Å². The monoisotopic (exact) mass is 1200 g/mol. The first kappa shape index (κ1) is 59.9. The normalized spacial score (nSPS) is 16.6. The van der Waals surface area contributed by atoms with E-state index in [2.05, 4.69) is 48.3 Å². The summed E-state index contributed by atoms with van der Waals surface area (Å²) in [5, 5.41) is 26.3. The van der Waals surface area contributed by atoms with Gasteiger partial charge in [-0.15, -0.1) is 11.3 Å². The molecule has 3 N–H and O–H groups in total. The molecule has 1 saturated heterocycles. The number of aromatic nitrogens is 6. The van der Waals surface area contributed by atoms with Crippen LogP contribution in [0.25, 0.3) is 31.8 Å². The second-order valence-electron chi connectivity index (χ2n) is 23.7. The second kappa shape index (κ2) is 26.8. The molecule has 0 bridgehead atoms. The fourth-order valence-electron chi connectivity index (χ4n) is 12.5. The van der Waals surface area contributed by atoms with E-state index in [4.69, 9.17) is 19.3 Å². The van der Waals surface area contributed by atoms with E-state index in [1.54, 1.807) is 29.2 Å². The van der Waals surface area contributed by atoms with Crippen LogP contribution in [-0.4, -0.2) is 114 Å². The molecule has 2 aliphatic heterocycles. The number of carbonyl (C=O) groups is 4. The number of para-hydroxylation sites is 1. The number of rotatable bonds is 22. The Morgan fingerprint density at radius 2 is 1.74 bits per heavy atom. The third kappa shape index (κ3) is 13.4. The van der Waals surface area contributed by atoms with Gasteiger partial charge in [0.2, 0.25) is 11.8 Å². The van der Waals surface area contributed by atoms with Crippen molar-refractivity contribution < 1.29 is 33.5 Å². The van der Waals surface area contributed by atoms with Crippen LogP contribution in [0.4, 0.5) is 10.9 Å². The Morgan fingerprint density at radius 3 is 2.52 bits per heavy atom. The molecule has 8 aromatic rings. The lowest BCUT2D eigenvalue weighted by molar-refractivity contribution is -0.141. The number of hydrogen-bond acceptors (Lipinski definition) is 15. The first-order valence-corrected chi connectivity index (χ1v) is 32.0. The summed E-state index contributed by atoms with van der Waals surface area (Å²) < 4.78 is 15.2. The van der Waals surface area contributed by atoms with E-state index in [1.165, 1.54) is 48.3 Å². The first-order chi connectivity index (χ1) is 41.7. The number of aliphatic hydroxyl groups is 1. The van der Waals surface area contributed by atoms with Gasteiger partial charge < -0.3 is 34.4 Å². The van der Waals surface area contributed by atoms with Gasteiger partial charge in [0.25, 0.3) is 11.8 Å². The minimum absolute atomic E-state index is 0.0464. The van der Waals surface area contributed by atoms with Gasteiger partial charge in [0.15, 0.2) is 5.13 Å². The Bertz CT molecular complexity index is 3700. The third-order valence-corrected chi connectivity index (χ3v) is 19.2. The summed E-state index contributed by atoms with van der Waals surface area (Å²) >= 11 is 3.00. The van der Waals surface area contributed by atoms with Crippen LogP contribution >= 0.6 is 22.7 Å². The van der Waals surface area contributed by atoms with Gasteiger partial charge in [0, 0.05) is 86.8 Å². The molecule has 11 rings (SSSR count). The minimum Gasteiger partial charge on any atom is -0.493 e. The number of unbranched alkanes of at least 4 members (excludes halogenated alkanes) is 3. The highest BCUT2D eigenvalue weighted by molar-refractivity contribution is 7.22. The Morgan fingerprint density at radius 1 is 0.919 bits per heavy atom. The van der Waals surface area contributed by atoms with Crippen LogP contribution in [-0.2, 0) is 35.6 Å². The summed E-state index contributed by atoms with van der Waals surface area (Å²) in [6.45, 7) is 12.8. The topological polar surface area (TPSA) is 214 Å². The average molecular weight is 1200 g/mol. The molecule has 5 aromatic heterocycles. The van der Waals surface area contributed by atoms with E-state index >= 15 is 0 Å². The van der Waals surface area contributed by atoms with Crippen molar-refractivity contribution in [2.45, 2.75) is 143 Å². The molecule has 450 valence electrons. The number of fused-ring (bicyclic) bond motifs is 2. The SMILES string of the molecule is Cc1cc([C@@H](C(=O)N2C[C@H](O)C[C@H]2C(=O)NCc2ccc(-c3scnc3C)cc2OCCCCCCN(C)C(=O)c2nc(N3CCc4cccc(C(=O)Nc5nc6ccccc6s5)c4C3)ccc2-c2cnn(CC3CCCCC3)c2C)C(C)C)on1. The maximum Gasteiger partial charge on any atom is 0.272 e. The number of anilines is 2. The lowest BCUT2D eigenvalue weighted by Gasteiger charge is -2.31. The number of ether oxygens (including phenoxy) is 1. The highest BCUT2D eigenvalue weighted by Crippen LogP contribution is 2.37. The number of β-amino-alcohol motifs (C(OH)–C–C–N with tert-alkyl or cyclic N) is 1. The molecule has 0 spiro atoms. The average Bonchev–Trinajstić information content (AvgIpc) is 2.50. The van der Waals surface area contributed by atoms with Gasteiger partial charge in [0.05, 0.1) is 50.9 Å². The zero-order valence-corrected chi connectivity index (χ0v) is 51.6. The maximum atomic E-state index is 14.9. The van der Waals surface area contributed by atoms with Crippen LogP contribution < -0.4 is 20.3 Å². The smallest absolute Gasteiger partial charge is 0.272 e. The number of amides is 4. The highest BCUT2D eigenvalue weighted by atomic mass is 32.1. The zero-order chi connectivity index (χ0) is 60.0. The number of carbonyl (C=O) groups excluding carboxylic acids is 4. The van der Waals surface area contributed by atoms with Gasteiger partial charge in [-0.2, -0.15) is 5.10 Å². The Labute approximate surface area is 510 Å². The van der Waals surface area contributed by atoms with Gasteiger partial charge in [-0.25, -0.2) is 15.0 Å². The largest absolute Gasteiger partial charge is 0.493 e. The number of likely N-dealkylation sites (tertiary alicyclic amines) is 1. The molecule has 7 heterocycles. The molecule has 3 atom stereocenters. The van der Waals surface area contributed by atoms with Crippen molar-refractivity contribution in [3.63, 3.8) is 0 Å². The van der Waals surface area contributed by atoms with Gasteiger partial charge in [-0.1, -0.05) is 98.8 Å². The predicted molar refractivity (Wildman–Crippen MR) is 336 cm³/mol. The molecule has 86 heavy (non-hydrogen) atoms. The third-order valence-electron chi connectivity index (χ3n) is 17.3. The molecule has 1 saturated carbocycles. The van der Waals surface area contributed by atoms with E-state index in [1.807, 2.05) is 106 Å². The van der Waals surface area contributed by atoms with Crippen LogP contribution in [0.15, 0.2) is 95.1 Å². The number of pyridine rings is 1. The van der Waals surface area contributed by atoms with Crippen molar-refractivity contribution in [1.29, 1.82) is 0 Å². The Hall–Kier alpha value is -7.81. The van der Waals surface area contributed by atoms with Crippen LogP contribution in [0.3, 0.4) is 0 Å². The van der Waals surface area contributed by atoms with E-state index < -0.39 is 18.1 Å². The highest BCUT2D eigenvalue weighted by Gasteiger charge is 2.43. The van der Waals surface area contributed by atoms with Crippen molar-refractivity contribution in [2.24, 2.45) is 11.8 Å². The van der Waals surface area contributed by atoms with Crippen molar-refractivity contribution in [1.82, 2.24) is 45.0 Å². The predicted octanol–water partition coefficient (Wildman–Crippen LogP) is 11.7. The molecule has 0 unspecified atom stereocenters. The van der Waals surface area contributed by atoms with Crippen LogP contribution in [0.5, 0.6) is 5.75 Å². The second-order valence-corrected chi connectivity index (χ2v) is 25.6. The number of aryl methyl sites for hydroxylation is 2. The van der Waals surface area contributed by atoms with Gasteiger partial charge in [-0.3, -0.25) is 29.2 Å². The molecule has 3 aliphatic rings. The summed E-state index contributed by atoms with van der Waals surface area (Å²) in [4.78, 5) is 77.7. The molecular weight excluding hydrogens is 1120 g/mol. The number of benzene rings is 3. The lowest BCUT2D eigenvalue weighted by Crippen LogP contribution is -2.48. The van der Waals surface area contributed by atoms with Crippen LogP contribution in [0.1, 0.15) is 144 Å². The number of aliphatic hydroxyl groups excluding tert-OH is 1. The quantitative estimate of drug-likeness (QED) is 0.0539. The van der Waals surface area contributed by atoms with E-state index in [-0.39, 0.29) is 49.1 Å². The molecule has 1 aliphatic carbocycles. The van der Waals surface area contributed by atoms with Crippen molar-refractivity contribution in [3.05, 3.63) is 141 Å². The summed E-state index contributed by atoms with van der Waals surface area (Å²) in [6, 6.07) is 24.6. The number of nitrogens with zero attached hydrogens (tertiary/aromatic N) is 9. The van der Waals surface area contributed by atoms with E-state index in [0.717, 1.165) is 92.1 Å². The fourth-order valence-corrected chi connectivity index (χ4v) is 14.1. The molecular formula is C66H77N11O7S2. The molecule has 4 amide bonds. The van der Waals surface area contributed by atoms with Crippen molar-refractivity contribution in [3.8, 4) is 27.3 Å². The van der Waals surface area contributed by atoms with Gasteiger partial charge in [0.1, 0.15) is 35.0 Å². The maximum absolute atomic E-state index is 14.9. The van der Waals surface area contributed by atoms with Crippen LogP contribution in [0, 0.1) is 32.6 Å². The minimum atomic E-state index is -0.860. The Kier molecular flexibility index (Phi) is 18.7. The van der Waals surface area contributed by atoms with Crippen molar-refractivity contribution in [2.75, 3.05) is 43.5 Å². The standard InChI is InChI=1S/C66H77N11O7S2/c1-40(2)59(56-31-41(3)73-84-56)64(81)76-37-48(78)33-54(76)63(80)67-34-47-24-23-46(61-42(4)68-39-85-61)32-55(47)83-30-15-8-7-14-28-74(6)65(82)60-49(51-35-69-77(43(51)5)36-44-17-10-9-11-18-44)25-26-58(71-60)75-29-27-45-19-16-20-50(52(45)38-75)62(79)72-66-70-53-21-12-13-22-57(53)86-66/h12-13,16,19-26,31-32,35,39-40,44,48,54,59,78H,7-11,14-15,17-18,27-30,33-34,36-38H2,1-6H3,(H,67,80)(H,70,72,79)/t48-,54+,59+/m1/s1. The fraction of sp³-hybridized carbons (Fsp3) is 0.439. The zero-order valence-electron chi connectivity index (χ0n) is 50.0. The summed E-state index contributed by atoms with van der Waals surface area (Å²) in [7, 11) is 1.85. The van der Waals surface area contributed by atoms with Gasteiger partial charge >= 0.3 is 0 Å².